The predicted octanol–water partition coefficient (Wildman–Crippen LogP) is 0.00970. The molecule has 0 spiro atoms. The lowest BCUT2D eigenvalue weighted by Crippen LogP contribution is -2.38. The van der Waals surface area contributed by atoms with Crippen LogP contribution in [0.25, 0.3) is 0 Å². The fourth-order valence-electron chi connectivity index (χ4n) is 0.349. The first-order valence-electron chi connectivity index (χ1n) is 3.17. The molecule has 0 aliphatic rings. The van der Waals surface area contributed by atoms with Gasteiger partial charge in [0, 0.05) is 26.0 Å². The number of halogens is 1. The summed E-state index contributed by atoms with van der Waals surface area (Å²) in [6.07, 6.45) is 0. The molecule has 4 nitrogen and oxygen atoms in total. The zero-order valence-corrected chi connectivity index (χ0v) is 8.41. The molecule has 0 amide bonds. The number of hydrogen-bond acceptors (Lipinski definition) is 2. The first-order valence-corrected chi connectivity index (χ1v) is 5.05. The Balaban J connectivity index is 3.95. The zero-order valence-electron chi connectivity index (χ0n) is 6.83. The standard InChI is InChI=1S/C5H13ClN2O2S/c1-5(6)4-7-11(9,10)8(2)3/h5,7H,4H2,1-3H3. The number of alkyl halides is 1. The summed E-state index contributed by atoms with van der Waals surface area (Å²) < 4.78 is 25.4. The molecule has 0 aromatic rings. The van der Waals surface area contributed by atoms with E-state index in [0.717, 1.165) is 4.31 Å². The smallest absolute Gasteiger partial charge is 0.201 e. The SMILES string of the molecule is CC(Cl)CNS(=O)(=O)N(C)C. The van der Waals surface area contributed by atoms with Crippen molar-refractivity contribution in [2.24, 2.45) is 0 Å². The van der Waals surface area contributed by atoms with E-state index in [0.29, 0.717) is 0 Å². The lowest BCUT2D eigenvalue weighted by atomic mass is 10.5. The molecule has 68 valence electrons. The maximum absolute atomic E-state index is 11.0. The highest BCUT2D eigenvalue weighted by molar-refractivity contribution is 7.87. The van der Waals surface area contributed by atoms with Crippen LogP contribution in [0.5, 0.6) is 0 Å². The van der Waals surface area contributed by atoms with Crippen molar-refractivity contribution in [3.8, 4) is 0 Å². The van der Waals surface area contributed by atoms with E-state index in [-0.39, 0.29) is 11.9 Å². The fourth-order valence-corrected chi connectivity index (χ4v) is 1.24. The van der Waals surface area contributed by atoms with Crippen molar-refractivity contribution in [3.05, 3.63) is 0 Å². The minimum absolute atomic E-state index is 0.190. The summed E-state index contributed by atoms with van der Waals surface area (Å²) in [7, 11) is -0.375. The van der Waals surface area contributed by atoms with Gasteiger partial charge in [0.25, 0.3) is 10.2 Å². The third-order valence-corrected chi connectivity index (χ3v) is 2.67. The molecule has 0 saturated heterocycles. The van der Waals surface area contributed by atoms with Crippen molar-refractivity contribution in [2.75, 3.05) is 20.6 Å². The van der Waals surface area contributed by atoms with Gasteiger partial charge < -0.3 is 0 Å². The Kier molecular flexibility index (Phi) is 4.31. The summed E-state index contributed by atoms with van der Waals surface area (Å²) in [5.74, 6) is 0. The van der Waals surface area contributed by atoms with E-state index >= 15 is 0 Å². The van der Waals surface area contributed by atoms with E-state index in [1.165, 1.54) is 14.1 Å². The Morgan fingerprint density at radius 1 is 1.55 bits per heavy atom. The van der Waals surface area contributed by atoms with Crippen molar-refractivity contribution in [3.63, 3.8) is 0 Å². The van der Waals surface area contributed by atoms with Gasteiger partial charge in [-0.2, -0.15) is 12.7 Å². The van der Waals surface area contributed by atoms with Gasteiger partial charge in [0.2, 0.25) is 0 Å². The van der Waals surface area contributed by atoms with Gasteiger partial charge in [-0.25, -0.2) is 4.72 Å². The summed E-state index contributed by atoms with van der Waals surface area (Å²) in [6.45, 7) is 1.97. The molecule has 1 atom stereocenters. The van der Waals surface area contributed by atoms with E-state index in [9.17, 15) is 8.42 Å². The van der Waals surface area contributed by atoms with E-state index in [4.69, 9.17) is 11.6 Å². The van der Waals surface area contributed by atoms with Crippen LogP contribution in [-0.4, -0.2) is 38.7 Å². The lowest BCUT2D eigenvalue weighted by Gasteiger charge is -2.12. The fraction of sp³-hybridized carbons (Fsp3) is 1.00. The Morgan fingerprint density at radius 2 is 2.00 bits per heavy atom. The summed E-state index contributed by atoms with van der Waals surface area (Å²) in [5.41, 5.74) is 0. The maximum Gasteiger partial charge on any atom is 0.278 e. The van der Waals surface area contributed by atoms with Crippen molar-refractivity contribution in [2.45, 2.75) is 12.3 Å². The maximum atomic E-state index is 11.0. The summed E-state index contributed by atoms with van der Waals surface area (Å²) in [5, 5.41) is -0.190. The quantitative estimate of drug-likeness (QED) is 0.650. The number of nitrogens with one attached hydrogen (secondary N) is 1. The van der Waals surface area contributed by atoms with Gasteiger partial charge in [-0.05, 0) is 6.92 Å². The van der Waals surface area contributed by atoms with Crippen molar-refractivity contribution >= 4 is 21.8 Å². The van der Waals surface area contributed by atoms with Gasteiger partial charge in [0.15, 0.2) is 0 Å². The van der Waals surface area contributed by atoms with E-state index in [1.54, 1.807) is 6.92 Å². The largest absolute Gasteiger partial charge is 0.278 e. The lowest BCUT2D eigenvalue weighted by molar-refractivity contribution is 0.505. The molecule has 0 rings (SSSR count). The monoisotopic (exact) mass is 200 g/mol. The molecule has 0 aliphatic carbocycles. The van der Waals surface area contributed by atoms with Crippen LogP contribution in [0.2, 0.25) is 0 Å². The third kappa shape index (κ3) is 4.58. The van der Waals surface area contributed by atoms with E-state index in [2.05, 4.69) is 4.72 Å². The molecule has 0 aliphatic heterocycles. The summed E-state index contributed by atoms with van der Waals surface area (Å²) >= 11 is 5.54. The van der Waals surface area contributed by atoms with E-state index < -0.39 is 10.2 Å². The molecule has 1 unspecified atom stereocenters. The highest BCUT2D eigenvalue weighted by atomic mass is 35.5. The van der Waals surface area contributed by atoms with Crippen LogP contribution in [0.1, 0.15) is 6.92 Å². The predicted molar refractivity (Wildman–Crippen MR) is 45.9 cm³/mol. The number of rotatable bonds is 4. The minimum Gasteiger partial charge on any atom is -0.201 e. The van der Waals surface area contributed by atoms with Gasteiger partial charge >= 0.3 is 0 Å². The average Bonchev–Trinajstić information content (AvgIpc) is 1.84. The third-order valence-electron chi connectivity index (χ3n) is 1.03. The van der Waals surface area contributed by atoms with Gasteiger partial charge in [-0.1, -0.05) is 0 Å². The second-order valence-corrected chi connectivity index (χ2v) is 5.13. The molecule has 0 aromatic carbocycles. The Morgan fingerprint density at radius 3 is 2.27 bits per heavy atom. The van der Waals surface area contributed by atoms with Crippen LogP contribution < -0.4 is 4.72 Å². The molecule has 0 aromatic heterocycles. The average molecular weight is 201 g/mol. The van der Waals surface area contributed by atoms with Crippen molar-refractivity contribution in [1.29, 1.82) is 0 Å². The zero-order chi connectivity index (χ0) is 9.07. The van der Waals surface area contributed by atoms with Crippen LogP contribution in [0.15, 0.2) is 0 Å². The van der Waals surface area contributed by atoms with Gasteiger partial charge in [-0.15, -0.1) is 11.6 Å². The van der Waals surface area contributed by atoms with Crippen LogP contribution in [0.3, 0.4) is 0 Å². The highest BCUT2D eigenvalue weighted by Crippen LogP contribution is 1.93. The number of nitrogens with zero attached hydrogens (tertiary/aromatic N) is 1. The van der Waals surface area contributed by atoms with Crippen LogP contribution >= 0.6 is 11.6 Å². The molecule has 0 radical (unpaired) electrons. The van der Waals surface area contributed by atoms with Crippen molar-refractivity contribution < 1.29 is 8.42 Å². The Hall–Kier alpha value is 0.160. The Labute approximate surface area is 72.7 Å². The Bertz CT molecular complexity index is 201. The molecule has 11 heavy (non-hydrogen) atoms. The van der Waals surface area contributed by atoms with Crippen LogP contribution in [-0.2, 0) is 10.2 Å². The molecule has 1 N–H and O–H groups in total. The minimum atomic E-state index is -3.29. The van der Waals surface area contributed by atoms with Gasteiger partial charge in [0.05, 0.1) is 0 Å². The summed E-state index contributed by atoms with van der Waals surface area (Å²) in [4.78, 5) is 0. The van der Waals surface area contributed by atoms with Crippen molar-refractivity contribution in [1.82, 2.24) is 9.03 Å². The first-order chi connectivity index (χ1) is 4.86. The summed E-state index contributed by atoms with van der Waals surface area (Å²) in [6, 6.07) is 0. The molecule has 0 fully saturated rings. The number of hydrogen-bond donors (Lipinski definition) is 1. The molecule has 6 heteroatoms. The normalized spacial score (nSPS) is 15.4. The van der Waals surface area contributed by atoms with E-state index in [1.807, 2.05) is 0 Å². The molecule has 0 heterocycles. The molecule has 0 bridgehead atoms. The molecular weight excluding hydrogens is 188 g/mol. The van der Waals surface area contributed by atoms with Crippen LogP contribution in [0.4, 0.5) is 0 Å². The topological polar surface area (TPSA) is 49.4 Å². The highest BCUT2D eigenvalue weighted by Gasteiger charge is 2.12. The first kappa shape index (κ1) is 11.2. The second kappa shape index (κ2) is 4.25. The van der Waals surface area contributed by atoms with Gasteiger partial charge in [-0.3, -0.25) is 0 Å². The molecular formula is C5H13ClN2O2S. The molecule has 0 saturated carbocycles. The second-order valence-electron chi connectivity index (χ2n) is 2.42. The van der Waals surface area contributed by atoms with Gasteiger partial charge in [0.1, 0.15) is 0 Å². The van der Waals surface area contributed by atoms with Crippen LogP contribution in [0, 0.1) is 0 Å².